The molecule has 0 aliphatic carbocycles. The number of ether oxygens (including phenoxy) is 1. The van der Waals surface area contributed by atoms with Crippen molar-refractivity contribution in [2.45, 2.75) is 38.3 Å². The Morgan fingerprint density at radius 2 is 2.25 bits per heavy atom. The molecule has 1 rings (SSSR count). The molecule has 2 unspecified atom stereocenters. The van der Waals surface area contributed by atoms with E-state index in [1.807, 2.05) is 0 Å². The van der Waals surface area contributed by atoms with Gasteiger partial charge in [-0.2, -0.15) is 0 Å². The van der Waals surface area contributed by atoms with E-state index < -0.39 is 5.60 Å². The van der Waals surface area contributed by atoms with Crippen LogP contribution in [0.5, 0.6) is 0 Å². The highest BCUT2D eigenvalue weighted by atomic mass is 16.5. The molecule has 0 spiro atoms. The van der Waals surface area contributed by atoms with Crippen LogP contribution in [0.2, 0.25) is 0 Å². The van der Waals surface area contributed by atoms with Crippen molar-refractivity contribution in [1.82, 2.24) is 0 Å². The Morgan fingerprint density at radius 1 is 1.58 bits per heavy atom. The zero-order valence-electron chi connectivity index (χ0n) is 7.92. The summed E-state index contributed by atoms with van der Waals surface area (Å²) in [6.45, 7) is 5.27. The molecule has 3 heteroatoms. The van der Waals surface area contributed by atoms with E-state index in [9.17, 15) is 5.11 Å². The Balaban J connectivity index is 2.44. The molecule has 3 nitrogen and oxygen atoms in total. The second-order valence-electron chi connectivity index (χ2n) is 4.14. The second kappa shape index (κ2) is 3.73. The van der Waals surface area contributed by atoms with Gasteiger partial charge >= 0.3 is 0 Å². The smallest absolute Gasteiger partial charge is 0.105 e. The van der Waals surface area contributed by atoms with Gasteiger partial charge < -0.3 is 15.6 Å². The number of hydrogen-bond acceptors (Lipinski definition) is 3. The topological polar surface area (TPSA) is 55.5 Å². The van der Waals surface area contributed by atoms with E-state index in [1.165, 1.54) is 0 Å². The van der Waals surface area contributed by atoms with Crippen LogP contribution in [0.15, 0.2) is 0 Å². The summed E-state index contributed by atoms with van der Waals surface area (Å²) >= 11 is 0. The van der Waals surface area contributed by atoms with Crippen molar-refractivity contribution in [3.8, 4) is 0 Å². The fourth-order valence-corrected chi connectivity index (χ4v) is 1.59. The molecule has 1 aliphatic heterocycles. The van der Waals surface area contributed by atoms with Crippen LogP contribution in [-0.4, -0.2) is 30.0 Å². The van der Waals surface area contributed by atoms with Gasteiger partial charge in [0.25, 0.3) is 0 Å². The molecule has 1 fully saturated rings. The first-order valence-electron chi connectivity index (χ1n) is 4.60. The lowest BCUT2D eigenvalue weighted by Crippen LogP contribution is -2.49. The number of aliphatic hydroxyl groups is 1. The van der Waals surface area contributed by atoms with E-state index >= 15 is 0 Å². The van der Waals surface area contributed by atoms with Crippen LogP contribution in [0.3, 0.4) is 0 Å². The summed E-state index contributed by atoms with van der Waals surface area (Å²) in [5.74, 6) is 0.532. The van der Waals surface area contributed by atoms with E-state index in [4.69, 9.17) is 10.5 Å². The molecule has 12 heavy (non-hydrogen) atoms. The third-order valence-electron chi connectivity index (χ3n) is 2.45. The molecule has 3 N–H and O–H groups in total. The predicted molar refractivity (Wildman–Crippen MR) is 47.8 cm³/mol. The third-order valence-corrected chi connectivity index (χ3v) is 2.45. The summed E-state index contributed by atoms with van der Waals surface area (Å²) in [6, 6.07) is -0.139. The molecule has 1 saturated heterocycles. The number of hydrogen-bond donors (Lipinski definition) is 2. The molecule has 0 bridgehead atoms. The van der Waals surface area contributed by atoms with Crippen molar-refractivity contribution in [2.75, 3.05) is 13.2 Å². The van der Waals surface area contributed by atoms with E-state index in [-0.39, 0.29) is 6.04 Å². The summed E-state index contributed by atoms with van der Waals surface area (Å²) in [5, 5.41) is 9.96. The summed E-state index contributed by atoms with van der Waals surface area (Å²) in [6.07, 6.45) is 1.54. The van der Waals surface area contributed by atoms with Crippen LogP contribution in [0.1, 0.15) is 26.7 Å². The van der Waals surface area contributed by atoms with Gasteiger partial charge in [0.1, 0.15) is 5.60 Å². The molecule has 0 aromatic carbocycles. The van der Waals surface area contributed by atoms with Gasteiger partial charge in [0.05, 0.1) is 6.61 Å². The minimum absolute atomic E-state index is 0.139. The van der Waals surface area contributed by atoms with E-state index in [0.29, 0.717) is 25.6 Å². The maximum absolute atomic E-state index is 9.96. The van der Waals surface area contributed by atoms with E-state index in [1.54, 1.807) is 0 Å². The van der Waals surface area contributed by atoms with E-state index in [2.05, 4.69) is 13.8 Å². The van der Waals surface area contributed by atoms with Gasteiger partial charge in [-0.05, 0) is 12.3 Å². The van der Waals surface area contributed by atoms with Crippen LogP contribution >= 0.6 is 0 Å². The first-order chi connectivity index (χ1) is 5.54. The second-order valence-corrected chi connectivity index (χ2v) is 4.14. The lowest BCUT2D eigenvalue weighted by atomic mass is 9.88. The van der Waals surface area contributed by atoms with Gasteiger partial charge in [-0.25, -0.2) is 0 Å². The van der Waals surface area contributed by atoms with E-state index in [0.717, 1.165) is 6.42 Å². The molecule has 2 atom stereocenters. The summed E-state index contributed by atoms with van der Waals surface area (Å²) in [5.41, 5.74) is 5.12. The highest BCUT2D eigenvalue weighted by Crippen LogP contribution is 2.24. The Kier molecular flexibility index (Phi) is 3.09. The maximum Gasteiger partial charge on any atom is 0.105 e. The van der Waals surface area contributed by atoms with Crippen LogP contribution in [0.25, 0.3) is 0 Å². The zero-order valence-corrected chi connectivity index (χ0v) is 7.92. The lowest BCUT2D eigenvalue weighted by molar-refractivity contribution is -0.00104. The highest BCUT2D eigenvalue weighted by molar-refractivity contribution is 4.92. The van der Waals surface area contributed by atoms with Crippen molar-refractivity contribution in [3.63, 3.8) is 0 Å². The Bertz CT molecular complexity index is 141. The van der Waals surface area contributed by atoms with Crippen LogP contribution in [0, 0.1) is 5.92 Å². The normalized spacial score (nSPS) is 32.8. The molecule has 1 aliphatic rings. The fourth-order valence-electron chi connectivity index (χ4n) is 1.59. The summed E-state index contributed by atoms with van der Waals surface area (Å²) < 4.78 is 5.13. The number of nitrogens with two attached hydrogens (primary N) is 1. The summed E-state index contributed by atoms with van der Waals surface area (Å²) in [4.78, 5) is 0. The average molecular weight is 173 g/mol. The third kappa shape index (κ3) is 2.19. The standard InChI is InChI=1S/C9H19NO2/c1-7(2)5-8(10)9(11)3-4-12-6-9/h7-8,11H,3-6,10H2,1-2H3. The Hall–Kier alpha value is -0.120. The quantitative estimate of drug-likeness (QED) is 0.654. The minimum atomic E-state index is -0.760. The molecule has 0 amide bonds. The molecule has 0 radical (unpaired) electrons. The van der Waals surface area contributed by atoms with Gasteiger partial charge in [-0.1, -0.05) is 13.8 Å². The first-order valence-corrected chi connectivity index (χ1v) is 4.60. The highest BCUT2D eigenvalue weighted by Gasteiger charge is 2.38. The van der Waals surface area contributed by atoms with Gasteiger partial charge in [-0.15, -0.1) is 0 Å². The monoisotopic (exact) mass is 173 g/mol. The molecular weight excluding hydrogens is 154 g/mol. The summed E-state index contributed by atoms with van der Waals surface area (Å²) in [7, 11) is 0. The Morgan fingerprint density at radius 3 is 2.67 bits per heavy atom. The van der Waals surface area contributed by atoms with Crippen LogP contribution in [-0.2, 0) is 4.74 Å². The van der Waals surface area contributed by atoms with Gasteiger partial charge in [0, 0.05) is 19.1 Å². The first kappa shape index (κ1) is 9.96. The maximum atomic E-state index is 9.96. The molecule has 1 heterocycles. The van der Waals surface area contributed by atoms with Crippen molar-refractivity contribution in [3.05, 3.63) is 0 Å². The van der Waals surface area contributed by atoms with Gasteiger partial charge in [-0.3, -0.25) is 0 Å². The van der Waals surface area contributed by atoms with Crippen molar-refractivity contribution >= 4 is 0 Å². The fraction of sp³-hybridized carbons (Fsp3) is 1.00. The number of rotatable bonds is 3. The SMILES string of the molecule is CC(C)CC(N)C1(O)CCOC1. The predicted octanol–water partition coefficient (Wildman–Crippen LogP) is 0.511. The zero-order chi connectivity index (χ0) is 9.19. The minimum Gasteiger partial charge on any atom is -0.386 e. The lowest BCUT2D eigenvalue weighted by Gasteiger charge is -2.29. The van der Waals surface area contributed by atoms with Crippen LogP contribution in [0.4, 0.5) is 0 Å². The van der Waals surface area contributed by atoms with Crippen LogP contribution < -0.4 is 5.73 Å². The molecule has 0 aromatic rings. The van der Waals surface area contributed by atoms with Crippen molar-refractivity contribution < 1.29 is 9.84 Å². The molecule has 0 aromatic heterocycles. The average Bonchev–Trinajstić information content (AvgIpc) is 2.36. The Labute approximate surface area is 73.9 Å². The molecular formula is C9H19NO2. The molecule has 0 saturated carbocycles. The van der Waals surface area contributed by atoms with Gasteiger partial charge in [0.2, 0.25) is 0 Å². The van der Waals surface area contributed by atoms with Gasteiger partial charge in [0.15, 0.2) is 0 Å². The largest absolute Gasteiger partial charge is 0.386 e. The van der Waals surface area contributed by atoms with Crippen molar-refractivity contribution in [2.24, 2.45) is 11.7 Å². The molecule has 72 valence electrons. The van der Waals surface area contributed by atoms with Crippen molar-refractivity contribution in [1.29, 1.82) is 0 Å².